The number of nitro benzene ring substituents is 1. The third-order valence-corrected chi connectivity index (χ3v) is 2.80. The average molecular weight is 223 g/mol. The lowest BCUT2D eigenvalue weighted by Crippen LogP contribution is -2.00. The zero-order valence-electron chi connectivity index (χ0n) is 9.01. The van der Waals surface area contributed by atoms with E-state index in [-0.39, 0.29) is 11.6 Å². The van der Waals surface area contributed by atoms with Gasteiger partial charge >= 0.3 is 5.69 Å². The van der Waals surface area contributed by atoms with E-state index in [2.05, 4.69) is 0 Å². The highest BCUT2D eigenvalue weighted by molar-refractivity contribution is 5.49. The standard InChI is InChI=1S/C11H13NO4/c1-15-11-3-2-8(6-10(11)12(13)14)9-4-5-16-7-9/h2-3,6,9H,4-5,7H2,1H3. The molecule has 0 aliphatic carbocycles. The first-order valence-corrected chi connectivity index (χ1v) is 5.12. The number of nitro groups is 1. The van der Waals surface area contributed by atoms with Crippen LogP contribution in [0.15, 0.2) is 18.2 Å². The van der Waals surface area contributed by atoms with E-state index < -0.39 is 4.92 Å². The Hall–Kier alpha value is -1.62. The fourth-order valence-corrected chi connectivity index (χ4v) is 1.90. The lowest BCUT2D eigenvalue weighted by Gasteiger charge is -2.09. The number of methoxy groups -OCH3 is 1. The van der Waals surface area contributed by atoms with Crippen molar-refractivity contribution in [3.63, 3.8) is 0 Å². The smallest absolute Gasteiger partial charge is 0.311 e. The van der Waals surface area contributed by atoms with E-state index in [1.54, 1.807) is 12.1 Å². The first-order valence-electron chi connectivity index (χ1n) is 5.12. The van der Waals surface area contributed by atoms with Gasteiger partial charge in [-0.15, -0.1) is 0 Å². The molecule has 2 rings (SSSR count). The Morgan fingerprint density at radius 2 is 2.38 bits per heavy atom. The molecule has 0 saturated carbocycles. The molecule has 1 aromatic rings. The van der Waals surface area contributed by atoms with Gasteiger partial charge < -0.3 is 9.47 Å². The van der Waals surface area contributed by atoms with Gasteiger partial charge in [0.15, 0.2) is 5.75 Å². The first kappa shape index (κ1) is 10.9. The van der Waals surface area contributed by atoms with Gasteiger partial charge in [0.05, 0.1) is 18.6 Å². The summed E-state index contributed by atoms with van der Waals surface area (Å²) in [5.74, 6) is 0.567. The van der Waals surface area contributed by atoms with Gasteiger partial charge in [-0.3, -0.25) is 10.1 Å². The van der Waals surface area contributed by atoms with Crippen molar-refractivity contribution in [2.24, 2.45) is 0 Å². The Kier molecular flexibility index (Phi) is 3.05. The molecule has 0 spiro atoms. The van der Waals surface area contributed by atoms with Crippen molar-refractivity contribution in [1.82, 2.24) is 0 Å². The Morgan fingerprint density at radius 1 is 1.56 bits per heavy atom. The molecule has 16 heavy (non-hydrogen) atoms. The van der Waals surface area contributed by atoms with Crippen molar-refractivity contribution in [1.29, 1.82) is 0 Å². The van der Waals surface area contributed by atoms with Crippen LogP contribution in [0, 0.1) is 10.1 Å². The minimum atomic E-state index is -0.419. The average Bonchev–Trinajstić information content (AvgIpc) is 2.81. The van der Waals surface area contributed by atoms with Crippen LogP contribution in [0.5, 0.6) is 5.75 Å². The van der Waals surface area contributed by atoms with Gasteiger partial charge in [0.2, 0.25) is 0 Å². The number of nitrogens with zero attached hydrogens (tertiary/aromatic N) is 1. The second kappa shape index (κ2) is 4.49. The van der Waals surface area contributed by atoms with Crippen molar-refractivity contribution in [3.05, 3.63) is 33.9 Å². The molecule has 1 aliphatic rings. The molecule has 1 saturated heterocycles. The van der Waals surface area contributed by atoms with Crippen LogP contribution in [0.2, 0.25) is 0 Å². The maximum atomic E-state index is 10.8. The summed E-state index contributed by atoms with van der Waals surface area (Å²) < 4.78 is 10.2. The lowest BCUT2D eigenvalue weighted by molar-refractivity contribution is -0.385. The van der Waals surface area contributed by atoms with Gasteiger partial charge in [-0.1, -0.05) is 6.07 Å². The lowest BCUT2D eigenvalue weighted by atomic mass is 9.98. The van der Waals surface area contributed by atoms with Crippen molar-refractivity contribution >= 4 is 5.69 Å². The largest absolute Gasteiger partial charge is 0.490 e. The zero-order chi connectivity index (χ0) is 11.5. The number of ether oxygens (including phenoxy) is 2. The molecule has 1 atom stereocenters. The van der Waals surface area contributed by atoms with E-state index in [9.17, 15) is 10.1 Å². The maximum absolute atomic E-state index is 10.8. The summed E-state index contributed by atoms with van der Waals surface area (Å²) in [5.41, 5.74) is 0.969. The highest BCUT2D eigenvalue weighted by atomic mass is 16.6. The molecule has 86 valence electrons. The van der Waals surface area contributed by atoms with Crippen LogP contribution in [-0.2, 0) is 4.74 Å². The number of rotatable bonds is 3. The molecule has 1 aromatic carbocycles. The van der Waals surface area contributed by atoms with Crippen LogP contribution in [-0.4, -0.2) is 25.2 Å². The summed E-state index contributed by atoms with van der Waals surface area (Å²) in [5, 5.41) is 10.8. The normalized spacial score (nSPS) is 19.7. The molecule has 1 heterocycles. The van der Waals surface area contributed by atoms with E-state index in [4.69, 9.17) is 9.47 Å². The molecular formula is C11H13NO4. The molecule has 5 nitrogen and oxygen atoms in total. The van der Waals surface area contributed by atoms with Crippen LogP contribution in [0.25, 0.3) is 0 Å². The highest BCUT2D eigenvalue weighted by Crippen LogP contribution is 2.33. The van der Waals surface area contributed by atoms with Crippen LogP contribution in [0.3, 0.4) is 0 Å². The van der Waals surface area contributed by atoms with E-state index >= 15 is 0 Å². The summed E-state index contributed by atoms with van der Waals surface area (Å²) in [7, 11) is 1.43. The quantitative estimate of drug-likeness (QED) is 0.581. The predicted octanol–water partition coefficient (Wildman–Crippen LogP) is 2.11. The first-order chi connectivity index (χ1) is 7.72. The second-order valence-corrected chi connectivity index (χ2v) is 3.75. The Morgan fingerprint density at radius 3 is 2.94 bits per heavy atom. The summed E-state index contributed by atoms with van der Waals surface area (Å²) in [6, 6.07) is 5.09. The Bertz CT molecular complexity index is 399. The number of hydrogen-bond donors (Lipinski definition) is 0. The summed E-state index contributed by atoms with van der Waals surface area (Å²) in [6.45, 7) is 1.37. The second-order valence-electron chi connectivity index (χ2n) is 3.75. The molecule has 1 fully saturated rings. The predicted molar refractivity (Wildman–Crippen MR) is 57.8 cm³/mol. The zero-order valence-corrected chi connectivity index (χ0v) is 9.01. The van der Waals surface area contributed by atoms with Crippen LogP contribution < -0.4 is 4.74 Å². The van der Waals surface area contributed by atoms with Gasteiger partial charge in [-0.05, 0) is 18.1 Å². The fourth-order valence-electron chi connectivity index (χ4n) is 1.90. The van der Waals surface area contributed by atoms with E-state index in [0.29, 0.717) is 12.4 Å². The topological polar surface area (TPSA) is 61.6 Å². The van der Waals surface area contributed by atoms with Crippen molar-refractivity contribution in [3.8, 4) is 5.75 Å². The molecule has 5 heteroatoms. The Labute approximate surface area is 93.1 Å². The van der Waals surface area contributed by atoms with Crippen molar-refractivity contribution in [2.45, 2.75) is 12.3 Å². The SMILES string of the molecule is COc1ccc(C2CCOC2)cc1[N+](=O)[O-]. The summed E-state index contributed by atoms with van der Waals surface area (Å²) in [6.07, 6.45) is 0.920. The number of benzene rings is 1. The van der Waals surface area contributed by atoms with Gasteiger partial charge in [-0.25, -0.2) is 0 Å². The van der Waals surface area contributed by atoms with Crippen LogP contribution in [0.4, 0.5) is 5.69 Å². The molecule has 1 unspecified atom stereocenters. The van der Waals surface area contributed by atoms with Crippen LogP contribution in [0.1, 0.15) is 17.9 Å². The third-order valence-electron chi connectivity index (χ3n) is 2.80. The summed E-state index contributed by atoms with van der Waals surface area (Å²) in [4.78, 5) is 10.4. The molecule has 0 bridgehead atoms. The van der Waals surface area contributed by atoms with Gasteiger partial charge in [0, 0.05) is 18.6 Å². The third kappa shape index (κ3) is 1.99. The molecule has 1 aliphatic heterocycles. The van der Waals surface area contributed by atoms with Crippen LogP contribution >= 0.6 is 0 Å². The van der Waals surface area contributed by atoms with E-state index in [1.165, 1.54) is 7.11 Å². The Balaban J connectivity index is 2.34. The fraction of sp³-hybridized carbons (Fsp3) is 0.455. The monoisotopic (exact) mass is 223 g/mol. The molecule has 0 aromatic heterocycles. The van der Waals surface area contributed by atoms with Crippen molar-refractivity contribution < 1.29 is 14.4 Å². The van der Waals surface area contributed by atoms with Crippen molar-refractivity contribution in [2.75, 3.05) is 20.3 Å². The molecular weight excluding hydrogens is 210 g/mol. The highest BCUT2D eigenvalue weighted by Gasteiger charge is 2.22. The van der Waals surface area contributed by atoms with Gasteiger partial charge in [0.1, 0.15) is 0 Å². The molecule has 0 N–H and O–H groups in total. The number of hydrogen-bond acceptors (Lipinski definition) is 4. The molecule has 0 amide bonds. The minimum Gasteiger partial charge on any atom is -0.490 e. The minimum absolute atomic E-state index is 0.0203. The van der Waals surface area contributed by atoms with Gasteiger partial charge in [-0.2, -0.15) is 0 Å². The van der Waals surface area contributed by atoms with E-state index in [1.807, 2.05) is 6.07 Å². The molecule has 0 radical (unpaired) electrons. The summed E-state index contributed by atoms with van der Waals surface area (Å²) >= 11 is 0. The maximum Gasteiger partial charge on any atom is 0.311 e. The van der Waals surface area contributed by atoms with E-state index in [0.717, 1.165) is 18.6 Å². The van der Waals surface area contributed by atoms with Gasteiger partial charge in [0.25, 0.3) is 0 Å².